The Hall–Kier alpha value is -0.990. The van der Waals surface area contributed by atoms with Gasteiger partial charge in [-0.05, 0) is 12.8 Å². The molecule has 0 unspecified atom stereocenters. The molecule has 0 saturated carbocycles. The van der Waals surface area contributed by atoms with E-state index in [1.54, 1.807) is 0 Å². The largest absolute Gasteiger partial charge is 0.368 e. The van der Waals surface area contributed by atoms with Gasteiger partial charge in [-0.3, -0.25) is 0 Å². The Balaban J connectivity index is 2.14. The molecule has 3 rings (SSSR count). The van der Waals surface area contributed by atoms with Crippen LogP contribution in [0.25, 0.3) is 0 Å². The molecule has 0 bridgehead atoms. The fourth-order valence-corrected chi connectivity index (χ4v) is 2.24. The summed E-state index contributed by atoms with van der Waals surface area (Å²) in [5.74, 6) is 2.46. The molecule has 1 N–H and O–H groups in total. The Morgan fingerprint density at radius 3 is 3.25 bits per heavy atom. The van der Waals surface area contributed by atoms with Crippen molar-refractivity contribution >= 4 is 5.82 Å². The second-order valence-electron chi connectivity index (χ2n) is 3.61. The number of fused-ring (bicyclic) bond motifs is 3. The van der Waals surface area contributed by atoms with Crippen LogP contribution < -0.4 is 5.32 Å². The molecule has 3 heteroatoms. The number of aryl methyl sites for hydroxylation is 1. The normalized spacial score (nSPS) is 20.0. The highest BCUT2D eigenvalue weighted by atomic mass is 15.2. The summed E-state index contributed by atoms with van der Waals surface area (Å²) in [6, 6.07) is 0. The molecular weight excluding hydrogens is 150 g/mol. The molecule has 3 nitrogen and oxygen atoms in total. The predicted molar refractivity (Wildman–Crippen MR) is 47.4 cm³/mol. The van der Waals surface area contributed by atoms with E-state index < -0.39 is 0 Å². The van der Waals surface area contributed by atoms with Gasteiger partial charge in [0, 0.05) is 25.9 Å². The van der Waals surface area contributed by atoms with E-state index in [9.17, 15) is 0 Å². The molecule has 12 heavy (non-hydrogen) atoms. The van der Waals surface area contributed by atoms with E-state index in [-0.39, 0.29) is 0 Å². The summed E-state index contributed by atoms with van der Waals surface area (Å²) in [5.41, 5.74) is 1.45. The predicted octanol–water partition coefficient (Wildman–Crippen LogP) is 1.19. The zero-order valence-corrected chi connectivity index (χ0v) is 7.14. The van der Waals surface area contributed by atoms with Crippen molar-refractivity contribution in [3.63, 3.8) is 0 Å². The van der Waals surface area contributed by atoms with E-state index in [0.29, 0.717) is 0 Å². The Morgan fingerprint density at radius 1 is 1.25 bits per heavy atom. The van der Waals surface area contributed by atoms with Gasteiger partial charge in [0.1, 0.15) is 11.6 Å². The SMILES string of the molecule is C1CCn2c(nc3c2CCN3)C1. The maximum atomic E-state index is 4.58. The number of nitrogens with one attached hydrogen (secondary N) is 1. The lowest BCUT2D eigenvalue weighted by Gasteiger charge is -2.14. The third-order valence-corrected chi connectivity index (χ3v) is 2.84. The number of anilines is 1. The third kappa shape index (κ3) is 0.737. The Kier molecular flexibility index (Phi) is 1.22. The molecule has 0 saturated heterocycles. The number of rotatable bonds is 0. The second-order valence-corrected chi connectivity index (χ2v) is 3.61. The van der Waals surface area contributed by atoms with Crippen LogP contribution in [0.4, 0.5) is 5.82 Å². The molecule has 0 aromatic carbocycles. The summed E-state index contributed by atoms with van der Waals surface area (Å²) in [4.78, 5) is 4.58. The molecule has 3 heterocycles. The molecule has 2 aliphatic rings. The molecular formula is C9H13N3. The molecule has 0 amide bonds. The minimum Gasteiger partial charge on any atom is -0.368 e. The summed E-state index contributed by atoms with van der Waals surface area (Å²) >= 11 is 0. The van der Waals surface area contributed by atoms with Crippen molar-refractivity contribution in [3.05, 3.63) is 11.5 Å². The van der Waals surface area contributed by atoms with Crippen LogP contribution in [0, 0.1) is 0 Å². The van der Waals surface area contributed by atoms with Crippen LogP contribution in [0.2, 0.25) is 0 Å². The van der Waals surface area contributed by atoms with E-state index in [0.717, 1.165) is 12.4 Å². The molecule has 2 aliphatic heterocycles. The van der Waals surface area contributed by atoms with Gasteiger partial charge in [-0.25, -0.2) is 4.98 Å². The lowest BCUT2D eigenvalue weighted by Crippen LogP contribution is -2.13. The quantitative estimate of drug-likeness (QED) is 0.622. The van der Waals surface area contributed by atoms with Gasteiger partial charge in [0.2, 0.25) is 0 Å². The van der Waals surface area contributed by atoms with E-state index in [4.69, 9.17) is 0 Å². The van der Waals surface area contributed by atoms with E-state index in [2.05, 4.69) is 14.9 Å². The lowest BCUT2D eigenvalue weighted by atomic mass is 10.1. The topological polar surface area (TPSA) is 29.9 Å². The van der Waals surface area contributed by atoms with Crippen LogP contribution >= 0.6 is 0 Å². The molecule has 0 fully saturated rings. The van der Waals surface area contributed by atoms with Gasteiger partial charge in [-0.15, -0.1) is 0 Å². The van der Waals surface area contributed by atoms with Gasteiger partial charge in [0.05, 0.1) is 5.69 Å². The summed E-state index contributed by atoms with van der Waals surface area (Å²) in [6.45, 7) is 2.28. The maximum Gasteiger partial charge on any atom is 0.147 e. The third-order valence-electron chi connectivity index (χ3n) is 2.84. The number of imidazole rings is 1. The maximum absolute atomic E-state index is 4.58. The molecule has 1 aromatic rings. The smallest absolute Gasteiger partial charge is 0.147 e. The first-order valence-electron chi connectivity index (χ1n) is 4.77. The molecule has 64 valence electrons. The highest BCUT2D eigenvalue weighted by Crippen LogP contribution is 2.26. The van der Waals surface area contributed by atoms with Crippen molar-refractivity contribution < 1.29 is 0 Å². The van der Waals surface area contributed by atoms with Gasteiger partial charge >= 0.3 is 0 Å². The van der Waals surface area contributed by atoms with Crippen molar-refractivity contribution in [1.82, 2.24) is 9.55 Å². The summed E-state index contributed by atoms with van der Waals surface area (Å²) in [6.07, 6.45) is 4.99. The first-order valence-corrected chi connectivity index (χ1v) is 4.77. The van der Waals surface area contributed by atoms with Gasteiger partial charge in [-0.1, -0.05) is 0 Å². The molecule has 0 radical (unpaired) electrons. The number of aromatic nitrogens is 2. The first-order chi connectivity index (χ1) is 5.95. The average molecular weight is 163 g/mol. The van der Waals surface area contributed by atoms with Crippen molar-refractivity contribution in [2.24, 2.45) is 0 Å². The Labute approximate surface area is 71.8 Å². The van der Waals surface area contributed by atoms with Crippen LogP contribution in [-0.4, -0.2) is 16.1 Å². The minimum atomic E-state index is 1.08. The molecule has 1 aromatic heterocycles. The standard InChI is InChI=1S/C9H13N3/c1-2-6-12-7-4-5-10-9(7)11-8(12)3-1/h10H,1-6H2. The van der Waals surface area contributed by atoms with Gasteiger partial charge in [-0.2, -0.15) is 0 Å². The van der Waals surface area contributed by atoms with Crippen molar-refractivity contribution in [1.29, 1.82) is 0 Å². The van der Waals surface area contributed by atoms with Gasteiger partial charge in [0.25, 0.3) is 0 Å². The zero-order valence-electron chi connectivity index (χ0n) is 7.14. The first kappa shape index (κ1) is 6.52. The molecule has 0 spiro atoms. The van der Waals surface area contributed by atoms with Crippen molar-refractivity contribution in [2.75, 3.05) is 11.9 Å². The highest BCUT2D eigenvalue weighted by molar-refractivity contribution is 5.47. The van der Waals surface area contributed by atoms with Gasteiger partial charge < -0.3 is 9.88 Å². The minimum absolute atomic E-state index is 1.08. The van der Waals surface area contributed by atoms with Crippen LogP contribution in [0.1, 0.15) is 24.4 Å². The molecule has 0 aliphatic carbocycles. The number of hydrogen-bond donors (Lipinski definition) is 1. The fraction of sp³-hybridized carbons (Fsp3) is 0.667. The Bertz CT molecular complexity index is 314. The lowest BCUT2D eigenvalue weighted by molar-refractivity contribution is 0.509. The number of hydrogen-bond acceptors (Lipinski definition) is 2. The van der Waals surface area contributed by atoms with Crippen LogP contribution in [0.5, 0.6) is 0 Å². The summed E-state index contributed by atoms with van der Waals surface area (Å²) in [7, 11) is 0. The Morgan fingerprint density at radius 2 is 2.25 bits per heavy atom. The zero-order chi connectivity index (χ0) is 7.97. The van der Waals surface area contributed by atoms with E-state index >= 15 is 0 Å². The highest BCUT2D eigenvalue weighted by Gasteiger charge is 2.22. The van der Waals surface area contributed by atoms with E-state index in [1.165, 1.54) is 43.7 Å². The second kappa shape index (κ2) is 2.25. The monoisotopic (exact) mass is 163 g/mol. The van der Waals surface area contributed by atoms with Crippen LogP contribution in [0.3, 0.4) is 0 Å². The molecule has 0 atom stereocenters. The van der Waals surface area contributed by atoms with Crippen LogP contribution in [0.15, 0.2) is 0 Å². The summed E-state index contributed by atoms with van der Waals surface area (Å²) in [5, 5.41) is 3.33. The van der Waals surface area contributed by atoms with Crippen LogP contribution in [-0.2, 0) is 19.4 Å². The van der Waals surface area contributed by atoms with Crippen molar-refractivity contribution in [3.8, 4) is 0 Å². The van der Waals surface area contributed by atoms with E-state index in [1.807, 2.05) is 0 Å². The summed E-state index contributed by atoms with van der Waals surface area (Å²) < 4.78 is 2.42. The van der Waals surface area contributed by atoms with Gasteiger partial charge in [0.15, 0.2) is 0 Å². The fourth-order valence-electron chi connectivity index (χ4n) is 2.24. The number of nitrogens with zero attached hydrogens (tertiary/aromatic N) is 2. The van der Waals surface area contributed by atoms with Crippen molar-refractivity contribution in [2.45, 2.75) is 32.2 Å². The average Bonchev–Trinajstić information content (AvgIpc) is 2.62.